The zero-order valence-corrected chi connectivity index (χ0v) is 9.01. The molecule has 3 nitrogen and oxygen atoms in total. The smallest absolute Gasteiger partial charge is 0.166 e. The Balaban J connectivity index is 0.00000196. The second kappa shape index (κ2) is 5.54. The molecule has 0 spiro atoms. The van der Waals surface area contributed by atoms with Gasteiger partial charge >= 0.3 is 0 Å². The number of nitrogens with zero attached hydrogens (tertiary/aromatic N) is 1. The lowest BCUT2D eigenvalue weighted by molar-refractivity contribution is 0.419. The standard InChI is InChI=1S/C10H11FN2O.ClH/c1-2-9(13)7-3-6(5-12)4-8(11)10(7)14;/h3-4,9,14H,2,13H2,1H3;1H/t9-;/m0./s1. The number of rotatable bonds is 2. The molecule has 0 heterocycles. The van der Waals surface area contributed by atoms with Crippen molar-refractivity contribution in [3.63, 3.8) is 0 Å². The SMILES string of the molecule is CC[C@H](N)c1cc(C#N)cc(F)c1O.Cl. The highest BCUT2D eigenvalue weighted by Gasteiger charge is 2.14. The Bertz CT molecular complexity index is 390. The van der Waals surface area contributed by atoms with E-state index in [0.29, 0.717) is 6.42 Å². The lowest BCUT2D eigenvalue weighted by atomic mass is 10.0. The van der Waals surface area contributed by atoms with E-state index in [4.69, 9.17) is 11.0 Å². The molecule has 0 fully saturated rings. The zero-order valence-electron chi connectivity index (χ0n) is 8.20. The highest BCUT2D eigenvalue weighted by atomic mass is 35.5. The summed E-state index contributed by atoms with van der Waals surface area (Å²) in [6.45, 7) is 1.82. The van der Waals surface area contributed by atoms with Crippen molar-refractivity contribution in [1.82, 2.24) is 0 Å². The van der Waals surface area contributed by atoms with Crippen LogP contribution in [-0.2, 0) is 0 Å². The third kappa shape index (κ3) is 2.82. The number of nitrogens with two attached hydrogens (primary N) is 1. The van der Waals surface area contributed by atoms with Gasteiger partial charge in [-0.2, -0.15) is 5.26 Å². The molecule has 0 aliphatic heterocycles. The summed E-state index contributed by atoms with van der Waals surface area (Å²) in [5.41, 5.74) is 6.10. The Hall–Kier alpha value is -1.31. The first-order valence-corrected chi connectivity index (χ1v) is 4.28. The molecule has 0 radical (unpaired) electrons. The molecule has 0 amide bonds. The topological polar surface area (TPSA) is 70.0 Å². The molecule has 1 atom stereocenters. The first-order chi connectivity index (χ1) is 6.60. The van der Waals surface area contributed by atoms with E-state index in [-0.39, 0.29) is 23.5 Å². The maximum atomic E-state index is 13.1. The summed E-state index contributed by atoms with van der Waals surface area (Å²) in [6, 6.07) is 3.76. The van der Waals surface area contributed by atoms with E-state index in [1.807, 2.05) is 13.0 Å². The van der Waals surface area contributed by atoms with Gasteiger partial charge < -0.3 is 10.8 Å². The van der Waals surface area contributed by atoms with Crippen molar-refractivity contribution in [1.29, 1.82) is 5.26 Å². The maximum Gasteiger partial charge on any atom is 0.166 e. The summed E-state index contributed by atoms with van der Waals surface area (Å²) >= 11 is 0. The summed E-state index contributed by atoms with van der Waals surface area (Å²) in [6.07, 6.45) is 0.571. The monoisotopic (exact) mass is 230 g/mol. The molecule has 0 unspecified atom stereocenters. The van der Waals surface area contributed by atoms with E-state index in [0.717, 1.165) is 6.07 Å². The van der Waals surface area contributed by atoms with Crippen molar-refractivity contribution in [3.05, 3.63) is 29.1 Å². The molecular weight excluding hydrogens is 219 g/mol. The average Bonchev–Trinajstić information content (AvgIpc) is 2.20. The van der Waals surface area contributed by atoms with Crippen LogP contribution in [-0.4, -0.2) is 5.11 Å². The molecule has 82 valence electrons. The predicted octanol–water partition coefficient (Wildman–Crippen LogP) is 2.23. The molecule has 1 aromatic rings. The predicted molar refractivity (Wildman–Crippen MR) is 57.2 cm³/mol. The Kier molecular flexibility index (Phi) is 5.06. The third-order valence-electron chi connectivity index (χ3n) is 2.06. The van der Waals surface area contributed by atoms with Gasteiger partial charge in [0, 0.05) is 11.6 Å². The van der Waals surface area contributed by atoms with Crippen LogP contribution in [0.5, 0.6) is 5.75 Å². The van der Waals surface area contributed by atoms with E-state index in [1.54, 1.807) is 0 Å². The number of nitriles is 1. The molecule has 0 aliphatic carbocycles. The number of benzene rings is 1. The van der Waals surface area contributed by atoms with Gasteiger partial charge in [0.25, 0.3) is 0 Å². The molecule has 0 bridgehead atoms. The van der Waals surface area contributed by atoms with Crippen LogP contribution in [0.2, 0.25) is 0 Å². The fraction of sp³-hybridized carbons (Fsp3) is 0.300. The number of phenols is 1. The molecule has 0 saturated heterocycles. The fourth-order valence-corrected chi connectivity index (χ4v) is 1.19. The summed E-state index contributed by atoms with van der Waals surface area (Å²) in [7, 11) is 0. The number of aromatic hydroxyl groups is 1. The Labute approximate surface area is 93.7 Å². The normalized spacial score (nSPS) is 11.3. The van der Waals surface area contributed by atoms with Crippen molar-refractivity contribution in [2.24, 2.45) is 5.73 Å². The molecule has 0 aliphatic rings. The van der Waals surface area contributed by atoms with Crippen LogP contribution >= 0.6 is 12.4 Å². The van der Waals surface area contributed by atoms with Crippen molar-refractivity contribution >= 4 is 12.4 Å². The average molecular weight is 231 g/mol. The molecule has 0 saturated carbocycles. The van der Waals surface area contributed by atoms with Gasteiger partial charge in [-0.15, -0.1) is 12.4 Å². The second-order valence-corrected chi connectivity index (χ2v) is 3.02. The van der Waals surface area contributed by atoms with Gasteiger partial charge in [0.15, 0.2) is 11.6 Å². The summed E-state index contributed by atoms with van der Waals surface area (Å²) in [5.74, 6) is -1.26. The van der Waals surface area contributed by atoms with Crippen molar-refractivity contribution < 1.29 is 9.50 Å². The van der Waals surface area contributed by atoms with E-state index < -0.39 is 17.6 Å². The van der Waals surface area contributed by atoms with Crippen LogP contribution in [0, 0.1) is 17.1 Å². The Morgan fingerprint density at radius 3 is 2.67 bits per heavy atom. The minimum absolute atomic E-state index is 0. The lowest BCUT2D eigenvalue weighted by Crippen LogP contribution is -2.09. The van der Waals surface area contributed by atoms with Crippen LogP contribution in [0.15, 0.2) is 12.1 Å². The van der Waals surface area contributed by atoms with Crippen molar-refractivity contribution in [2.75, 3.05) is 0 Å². The van der Waals surface area contributed by atoms with Gasteiger partial charge in [-0.3, -0.25) is 0 Å². The molecule has 1 aromatic carbocycles. The fourth-order valence-electron chi connectivity index (χ4n) is 1.19. The molecular formula is C10H12ClFN2O. The van der Waals surface area contributed by atoms with E-state index >= 15 is 0 Å². The summed E-state index contributed by atoms with van der Waals surface area (Å²) in [5, 5.41) is 17.9. The molecule has 0 aromatic heterocycles. The number of hydrogen-bond acceptors (Lipinski definition) is 3. The van der Waals surface area contributed by atoms with Crippen LogP contribution in [0.25, 0.3) is 0 Å². The van der Waals surface area contributed by atoms with Crippen LogP contribution < -0.4 is 5.73 Å². The van der Waals surface area contributed by atoms with E-state index in [9.17, 15) is 9.50 Å². The zero-order chi connectivity index (χ0) is 10.7. The Morgan fingerprint density at radius 2 is 2.20 bits per heavy atom. The second-order valence-electron chi connectivity index (χ2n) is 3.02. The van der Waals surface area contributed by atoms with Gasteiger partial charge in [-0.1, -0.05) is 6.92 Å². The first-order valence-electron chi connectivity index (χ1n) is 4.28. The van der Waals surface area contributed by atoms with Crippen LogP contribution in [0.4, 0.5) is 4.39 Å². The highest BCUT2D eigenvalue weighted by Crippen LogP contribution is 2.28. The van der Waals surface area contributed by atoms with Crippen LogP contribution in [0.1, 0.15) is 30.5 Å². The van der Waals surface area contributed by atoms with E-state index in [1.165, 1.54) is 6.07 Å². The van der Waals surface area contributed by atoms with Gasteiger partial charge in [0.1, 0.15) is 0 Å². The van der Waals surface area contributed by atoms with Gasteiger partial charge in [0.2, 0.25) is 0 Å². The van der Waals surface area contributed by atoms with Gasteiger partial charge in [-0.05, 0) is 18.6 Å². The molecule has 1 rings (SSSR count). The van der Waals surface area contributed by atoms with Gasteiger partial charge in [0.05, 0.1) is 11.6 Å². The van der Waals surface area contributed by atoms with E-state index in [2.05, 4.69) is 0 Å². The van der Waals surface area contributed by atoms with Crippen LogP contribution in [0.3, 0.4) is 0 Å². The quantitative estimate of drug-likeness (QED) is 0.819. The maximum absolute atomic E-state index is 13.1. The Morgan fingerprint density at radius 1 is 1.60 bits per heavy atom. The first kappa shape index (κ1) is 13.7. The summed E-state index contributed by atoms with van der Waals surface area (Å²) in [4.78, 5) is 0. The minimum atomic E-state index is -0.803. The molecule has 5 heteroatoms. The summed E-state index contributed by atoms with van der Waals surface area (Å²) < 4.78 is 13.1. The number of phenolic OH excluding ortho intramolecular Hbond substituents is 1. The highest BCUT2D eigenvalue weighted by molar-refractivity contribution is 5.85. The minimum Gasteiger partial charge on any atom is -0.505 e. The van der Waals surface area contributed by atoms with Gasteiger partial charge in [-0.25, -0.2) is 4.39 Å². The number of hydrogen-bond donors (Lipinski definition) is 2. The lowest BCUT2D eigenvalue weighted by Gasteiger charge is -2.11. The largest absolute Gasteiger partial charge is 0.505 e. The number of halogens is 2. The van der Waals surface area contributed by atoms with Crippen molar-refractivity contribution in [2.45, 2.75) is 19.4 Å². The third-order valence-corrected chi connectivity index (χ3v) is 2.06. The molecule has 3 N–H and O–H groups in total. The van der Waals surface area contributed by atoms with Crippen molar-refractivity contribution in [3.8, 4) is 11.8 Å². The molecule has 15 heavy (non-hydrogen) atoms.